The number of aromatic hydroxyl groups is 1. The maximum atomic E-state index is 10.0. The number of para-hydroxylation sites is 1. The van der Waals surface area contributed by atoms with Crippen LogP contribution in [0.3, 0.4) is 0 Å². The zero-order valence-corrected chi connectivity index (χ0v) is 10.9. The van der Waals surface area contributed by atoms with Crippen LogP contribution in [0.15, 0.2) is 47.1 Å². The minimum Gasteiger partial charge on any atom is -0.507 e. The van der Waals surface area contributed by atoms with E-state index in [0.717, 1.165) is 11.3 Å². The molecule has 0 saturated heterocycles. The van der Waals surface area contributed by atoms with Crippen LogP contribution in [0.4, 0.5) is 0 Å². The predicted molar refractivity (Wildman–Crippen MR) is 73.2 cm³/mol. The first-order chi connectivity index (χ1) is 9.74. The van der Waals surface area contributed by atoms with Crippen LogP contribution in [0.25, 0.3) is 11.5 Å². The molecule has 0 saturated carbocycles. The van der Waals surface area contributed by atoms with Crippen molar-refractivity contribution in [2.24, 2.45) is 0 Å². The van der Waals surface area contributed by atoms with Gasteiger partial charge in [0.2, 0.25) is 0 Å². The first-order valence-electron chi connectivity index (χ1n) is 6.25. The van der Waals surface area contributed by atoms with Crippen molar-refractivity contribution in [2.75, 3.05) is 0 Å². The summed E-state index contributed by atoms with van der Waals surface area (Å²) < 4.78 is 5.21. The summed E-state index contributed by atoms with van der Waals surface area (Å²) in [6.45, 7) is 1.82. The van der Waals surface area contributed by atoms with Crippen molar-refractivity contribution >= 4 is 0 Å². The lowest BCUT2D eigenvalue weighted by Crippen LogP contribution is -1.93. The van der Waals surface area contributed by atoms with E-state index in [1.807, 2.05) is 37.3 Å². The molecule has 0 aliphatic carbocycles. The molecule has 1 N–H and O–H groups in total. The third kappa shape index (κ3) is 2.38. The van der Waals surface area contributed by atoms with Gasteiger partial charge in [0.15, 0.2) is 5.82 Å². The van der Waals surface area contributed by atoms with Gasteiger partial charge in [0, 0.05) is 11.9 Å². The molecule has 5 nitrogen and oxygen atoms in total. The Morgan fingerprint density at radius 2 is 2.05 bits per heavy atom. The van der Waals surface area contributed by atoms with E-state index in [-0.39, 0.29) is 5.75 Å². The summed E-state index contributed by atoms with van der Waals surface area (Å²) in [5.74, 6) is 1.03. The minimum atomic E-state index is 0.167. The Labute approximate surface area is 115 Å². The number of phenolic OH excluding ortho intramolecular Hbond substituents is 1. The maximum Gasteiger partial charge on any atom is 0.261 e. The van der Waals surface area contributed by atoms with E-state index in [0.29, 0.717) is 23.7 Å². The number of hydrogen-bond acceptors (Lipinski definition) is 5. The smallest absolute Gasteiger partial charge is 0.261 e. The van der Waals surface area contributed by atoms with Gasteiger partial charge in [0.05, 0.1) is 12.0 Å². The summed E-state index contributed by atoms with van der Waals surface area (Å²) >= 11 is 0. The van der Waals surface area contributed by atoms with Crippen LogP contribution in [0.5, 0.6) is 5.75 Å². The summed E-state index contributed by atoms with van der Waals surface area (Å²) in [5, 5.41) is 13.9. The van der Waals surface area contributed by atoms with Crippen molar-refractivity contribution in [3.05, 3.63) is 59.7 Å². The van der Waals surface area contributed by atoms with Crippen molar-refractivity contribution in [2.45, 2.75) is 13.3 Å². The number of rotatable bonds is 3. The lowest BCUT2D eigenvalue weighted by Gasteiger charge is -2.01. The molecule has 0 bridgehead atoms. The van der Waals surface area contributed by atoms with Gasteiger partial charge < -0.3 is 9.63 Å². The lowest BCUT2D eigenvalue weighted by molar-refractivity contribution is 0.418. The average Bonchev–Trinajstić information content (AvgIpc) is 2.91. The van der Waals surface area contributed by atoms with Crippen molar-refractivity contribution in [3.63, 3.8) is 0 Å². The standard InChI is InChI=1S/C15H13N3O2/c1-10-5-4-7-12(14(10)19)15-17-13(18-20-15)9-11-6-2-3-8-16-11/h2-8,19H,9H2,1H3. The molecular formula is C15H13N3O2. The Hall–Kier alpha value is -2.69. The first-order valence-corrected chi connectivity index (χ1v) is 6.25. The van der Waals surface area contributed by atoms with E-state index in [1.165, 1.54) is 0 Å². The Morgan fingerprint density at radius 1 is 1.15 bits per heavy atom. The van der Waals surface area contributed by atoms with Gasteiger partial charge in [-0.2, -0.15) is 4.98 Å². The third-order valence-corrected chi connectivity index (χ3v) is 3.00. The predicted octanol–water partition coefficient (Wildman–Crippen LogP) is 2.74. The second kappa shape index (κ2) is 5.13. The van der Waals surface area contributed by atoms with Gasteiger partial charge in [-0.3, -0.25) is 4.98 Å². The van der Waals surface area contributed by atoms with Crippen molar-refractivity contribution in [1.82, 2.24) is 15.1 Å². The number of hydrogen-bond donors (Lipinski definition) is 1. The fourth-order valence-electron chi connectivity index (χ4n) is 1.93. The largest absolute Gasteiger partial charge is 0.507 e. The molecule has 0 unspecified atom stereocenters. The molecule has 1 aromatic carbocycles. The van der Waals surface area contributed by atoms with Gasteiger partial charge in [0.25, 0.3) is 5.89 Å². The topological polar surface area (TPSA) is 72.0 Å². The van der Waals surface area contributed by atoms with E-state index in [1.54, 1.807) is 12.3 Å². The maximum absolute atomic E-state index is 10.0. The minimum absolute atomic E-state index is 0.167. The first kappa shape index (κ1) is 12.3. The molecule has 0 atom stereocenters. The molecule has 3 aromatic rings. The molecule has 2 heterocycles. The Balaban J connectivity index is 1.89. The monoisotopic (exact) mass is 267 g/mol. The highest BCUT2D eigenvalue weighted by atomic mass is 16.5. The zero-order chi connectivity index (χ0) is 13.9. The third-order valence-electron chi connectivity index (χ3n) is 3.00. The highest BCUT2D eigenvalue weighted by Crippen LogP contribution is 2.30. The second-order valence-electron chi connectivity index (χ2n) is 4.48. The SMILES string of the molecule is Cc1cccc(-c2nc(Cc3ccccn3)no2)c1O. The molecule has 0 aliphatic heterocycles. The van der Waals surface area contributed by atoms with Gasteiger partial charge in [-0.05, 0) is 30.7 Å². The zero-order valence-electron chi connectivity index (χ0n) is 10.9. The van der Waals surface area contributed by atoms with Crippen LogP contribution in [-0.2, 0) is 6.42 Å². The second-order valence-corrected chi connectivity index (χ2v) is 4.48. The van der Waals surface area contributed by atoms with Gasteiger partial charge in [-0.1, -0.05) is 23.4 Å². The fraction of sp³-hybridized carbons (Fsp3) is 0.133. The molecule has 100 valence electrons. The number of aryl methyl sites for hydroxylation is 1. The Bertz CT molecular complexity index is 723. The summed E-state index contributed by atoms with van der Waals surface area (Å²) in [6, 6.07) is 11.1. The van der Waals surface area contributed by atoms with E-state index >= 15 is 0 Å². The van der Waals surface area contributed by atoms with Crippen LogP contribution in [0.2, 0.25) is 0 Å². The molecule has 5 heteroatoms. The van der Waals surface area contributed by atoms with Crippen LogP contribution in [0.1, 0.15) is 17.1 Å². The summed E-state index contributed by atoms with van der Waals surface area (Å²) in [7, 11) is 0. The van der Waals surface area contributed by atoms with Crippen LogP contribution in [0, 0.1) is 6.92 Å². The quantitative estimate of drug-likeness (QED) is 0.790. The molecule has 20 heavy (non-hydrogen) atoms. The summed E-state index contributed by atoms with van der Waals surface area (Å²) in [5.41, 5.74) is 2.19. The van der Waals surface area contributed by atoms with E-state index in [2.05, 4.69) is 15.1 Å². The molecule has 0 amide bonds. The highest BCUT2D eigenvalue weighted by Gasteiger charge is 2.14. The van der Waals surface area contributed by atoms with Crippen molar-refractivity contribution in [1.29, 1.82) is 0 Å². The Kier molecular flexibility index (Phi) is 3.16. The number of aromatic nitrogens is 3. The molecular weight excluding hydrogens is 254 g/mol. The summed E-state index contributed by atoms with van der Waals surface area (Å²) in [6.07, 6.45) is 2.22. The van der Waals surface area contributed by atoms with Crippen molar-refractivity contribution < 1.29 is 9.63 Å². The molecule has 2 aromatic heterocycles. The van der Waals surface area contributed by atoms with Gasteiger partial charge >= 0.3 is 0 Å². The van der Waals surface area contributed by atoms with Gasteiger partial charge in [0.1, 0.15) is 5.75 Å². The van der Waals surface area contributed by atoms with Crippen LogP contribution < -0.4 is 0 Å². The summed E-state index contributed by atoms with van der Waals surface area (Å²) in [4.78, 5) is 8.52. The average molecular weight is 267 g/mol. The van der Waals surface area contributed by atoms with Crippen LogP contribution >= 0.6 is 0 Å². The molecule has 0 fully saturated rings. The van der Waals surface area contributed by atoms with Gasteiger partial charge in [-0.25, -0.2) is 0 Å². The van der Waals surface area contributed by atoms with E-state index < -0.39 is 0 Å². The molecule has 0 spiro atoms. The Morgan fingerprint density at radius 3 is 2.85 bits per heavy atom. The molecule has 0 radical (unpaired) electrons. The van der Waals surface area contributed by atoms with E-state index in [4.69, 9.17) is 4.52 Å². The number of benzene rings is 1. The molecule has 3 rings (SSSR count). The fourth-order valence-corrected chi connectivity index (χ4v) is 1.93. The highest BCUT2D eigenvalue weighted by molar-refractivity contribution is 5.64. The van der Waals surface area contributed by atoms with Crippen LogP contribution in [-0.4, -0.2) is 20.2 Å². The number of nitrogens with zero attached hydrogens (tertiary/aromatic N) is 3. The van der Waals surface area contributed by atoms with E-state index in [9.17, 15) is 5.11 Å². The lowest BCUT2D eigenvalue weighted by atomic mass is 10.1. The van der Waals surface area contributed by atoms with Crippen molar-refractivity contribution in [3.8, 4) is 17.2 Å². The van der Waals surface area contributed by atoms with Gasteiger partial charge in [-0.15, -0.1) is 0 Å². The number of phenols is 1. The normalized spacial score (nSPS) is 10.7. The molecule has 0 aliphatic rings. The number of pyridine rings is 1.